The summed E-state index contributed by atoms with van der Waals surface area (Å²) < 4.78 is 6.31. The van der Waals surface area contributed by atoms with Gasteiger partial charge in [0.1, 0.15) is 5.75 Å². The molecule has 138 valence electrons. The number of thioether (sulfide) groups is 2. The number of H-pyrrole nitrogens is 1. The number of aromatic nitrogens is 1. The van der Waals surface area contributed by atoms with Gasteiger partial charge in [-0.05, 0) is 60.6 Å². The van der Waals surface area contributed by atoms with Crippen LogP contribution in [0.5, 0.6) is 5.75 Å². The van der Waals surface area contributed by atoms with E-state index in [1.807, 2.05) is 52.8 Å². The Kier molecular flexibility index (Phi) is 5.80. The number of nitrogens with one attached hydrogen (secondary N) is 1. The number of hydrogen-bond acceptors (Lipinski definition) is 4. The molecular formula is C20H24N2O2S2. The summed E-state index contributed by atoms with van der Waals surface area (Å²) in [6, 6.07) is 12.4. The molecule has 4 rings (SSSR count). The molecule has 1 atom stereocenters. The monoisotopic (exact) mass is 388 g/mol. The molecule has 6 heteroatoms. The van der Waals surface area contributed by atoms with Crippen LogP contribution in [0.25, 0.3) is 0 Å². The SMILES string of the molecule is O=C(COc1ccc(C2SCCCS2)cc1)N1CCC[C@@H]1c1ccc[nH]1. The standard InChI is InChI=1S/C20H24N2O2S2/c23-19(22-11-2-5-18(22)17-4-1-10-21-17)14-24-16-8-6-15(7-9-16)20-25-12-3-13-26-20/h1,4,6-10,18,20-21H,2-3,5,11-14H2/t18-/m1/s1. The van der Waals surface area contributed by atoms with E-state index in [4.69, 9.17) is 4.74 Å². The maximum atomic E-state index is 12.6. The lowest BCUT2D eigenvalue weighted by Crippen LogP contribution is -2.34. The second-order valence-electron chi connectivity index (χ2n) is 6.66. The molecule has 3 heterocycles. The van der Waals surface area contributed by atoms with Crippen molar-refractivity contribution < 1.29 is 9.53 Å². The van der Waals surface area contributed by atoms with Crippen molar-refractivity contribution in [2.24, 2.45) is 0 Å². The van der Waals surface area contributed by atoms with Gasteiger partial charge in [-0.1, -0.05) is 12.1 Å². The number of carbonyl (C=O) groups excluding carboxylic acids is 1. The van der Waals surface area contributed by atoms with Gasteiger partial charge in [-0.15, -0.1) is 23.5 Å². The zero-order valence-corrected chi connectivity index (χ0v) is 16.4. The van der Waals surface area contributed by atoms with Gasteiger partial charge >= 0.3 is 0 Å². The number of carbonyl (C=O) groups is 1. The van der Waals surface area contributed by atoms with Crippen molar-refractivity contribution in [1.82, 2.24) is 9.88 Å². The summed E-state index contributed by atoms with van der Waals surface area (Å²) in [5, 5.41) is 0. The second kappa shape index (κ2) is 8.44. The van der Waals surface area contributed by atoms with Crippen molar-refractivity contribution in [3.05, 3.63) is 53.9 Å². The normalized spacial score (nSPS) is 21.1. The number of hydrogen-bond donors (Lipinski definition) is 1. The van der Waals surface area contributed by atoms with Crippen LogP contribution in [0.3, 0.4) is 0 Å². The maximum absolute atomic E-state index is 12.6. The van der Waals surface area contributed by atoms with Crippen LogP contribution in [0, 0.1) is 0 Å². The predicted octanol–water partition coefficient (Wildman–Crippen LogP) is 4.63. The molecule has 1 amide bonds. The first-order valence-corrected chi connectivity index (χ1v) is 11.3. The lowest BCUT2D eigenvalue weighted by molar-refractivity contribution is -0.134. The molecule has 0 aliphatic carbocycles. The Balaban J connectivity index is 1.32. The molecule has 2 aromatic rings. The Hall–Kier alpha value is -1.53. The molecule has 0 unspecified atom stereocenters. The maximum Gasteiger partial charge on any atom is 0.261 e. The largest absolute Gasteiger partial charge is 0.484 e. The van der Waals surface area contributed by atoms with Crippen molar-refractivity contribution in [3.63, 3.8) is 0 Å². The first-order valence-electron chi connectivity index (χ1n) is 9.20. The Morgan fingerprint density at radius 2 is 1.96 bits per heavy atom. The van der Waals surface area contributed by atoms with Crippen LogP contribution in [0.1, 0.15) is 41.1 Å². The number of aromatic amines is 1. The molecule has 4 nitrogen and oxygen atoms in total. The molecule has 1 aromatic heterocycles. The van der Waals surface area contributed by atoms with Gasteiger partial charge in [-0.2, -0.15) is 0 Å². The molecule has 2 saturated heterocycles. The predicted molar refractivity (Wildman–Crippen MR) is 109 cm³/mol. The van der Waals surface area contributed by atoms with E-state index >= 15 is 0 Å². The second-order valence-corrected chi connectivity index (χ2v) is 9.38. The highest BCUT2D eigenvalue weighted by molar-refractivity contribution is 8.16. The first kappa shape index (κ1) is 17.9. The van der Waals surface area contributed by atoms with Gasteiger partial charge in [0.25, 0.3) is 5.91 Å². The van der Waals surface area contributed by atoms with E-state index in [2.05, 4.69) is 23.2 Å². The molecule has 0 saturated carbocycles. The Morgan fingerprint density at radius 1 is 1.15 bits per heavy atom. The minimum atomic E-state index is 0.0598. The quantitative estimate of drug-likeness (QED) is 0.811. The Bertz CT molecular complexity index is 712. The Labute approximate surface area is 163 Å². The summed E-state index contributed by atoms with van der Waals surface area (Å²) in [5.74, 6) is 3.30. The lowest BCUT2D eigenvalue weighted by Gasteiger charge is -2.24. The van der Waals surface area contributed by atoms with E-state index in [1.54, 1.807) is 0 Å². The smallest absolute Gasteiger partial charge is 0.261 e. The van der Waals surface area contributed by atoms with Gasteiger partial charge in [0, 0.05) is 18.4 Å². The highest BCUT2D eigenvalue weighted by atomic mass is 32.2. The molecule has 2 fully saturated rings. The van der Waals surface area contributed by atoms with Crippen LogP contribution in [-0.2, 0) is 4.79 Å². The van der Waals surface area contributed by atoms with Crippen molar-refractivity contribution >= 4 is 29.4 Å². The minimum absolute atomic E-state index is 0.0598. The zero-order valence-electron chi connectivity index (χ0n) is 14.7. The molecule has 2 aliphatic rings. The van der Waals surface area contributed by atoms with E-state index in [-0.39, 0.29) is 18.6 Å². The summed E-state index contributed by atoms with van der Waals surface area (Å²) in [5.41, 5.74) is 2.45. The molecule has 0 spiro atoms. The number of nitrogens with zero attached hydrogens (tertiary/aromatic N) is 1. The first-order chi connectivity index (χ1) is 12.8. The fraction of sp³-hybridized carbons (Fsp3) is 0.450. The zero-order chi connectivity index (χ0) is 17.8. The average molecular weight is 389 g/mol. The van der Waals surface area contributed by atoms with Gasteiger partial charge < -0.3 is 14.6 Å². The van der Waals surface area contributed by atoms with E-state index in [1.165, 1.54) is 23.5 Å². The Morgan fingerprint density at radius 3 is 2.69 bits per heavy atom. The van der Waals surface area contributed by atoms with Gasteiger partial charge in [0.15, 0.2) is 6.61 Å². The van der Waals surface area contributed by atoms with E-state index in [9.17, 15) is 4.79 Å². The fourth-order valence-corrected chi connectivity index (χ4v) is 6.46. The third-order valence-corrected chi connectivity index (χ3v) is 7.91. The van der Waals surface area contributed by atoms with Crippen LogP contribution in [0.15, 0.2) is 42.6 Å². The van der Waals surface area contributed by atoms with Gasteiger partial charge in [0.05, 0.1) is 10.6 Å². The number of rotatable bonds is 5. The molecule has 0 radical (unpaired) electrons. The van der Waals surface area contributed by atoms with Gasteiger partial charge in [0.2, 0.25) is 0 Å². The number of likely N-dealkylation sites (tertiary alicyclic amines) is 1. The molecule has 1 N–H and O–H groups in total. The molecule has 26 heavy (non-hydrogen) atoms. The van der Waals surface area contributed by atoms with Crippen molar-refractivity contribution in [2.45, 2.75) is 29.9 Å². The molecule has 1 aromatic carbocycles. The molecule has 0 bridgehead atoms. The minimum Gasteiger partial charge on any atom is -0.484 e. The fourth-order valence-electron chi connectivity index (χ4n) is 3.57. The van der Waals surface area contributed by atoms with Crippen LogP contribution < -0.4 is 4.74 Å². The third kappa shape index (κ3) is 4.07. The van der Waals surface area contributed by atoms with Crippen molar-refractivity contribution in [1.29, 1.82) is 0 Å². The van der Waals surface area contributed by atoms with Crippen LogP contribution in [0.4, 0.5) is 0 Å². The summed E-state index contributed by atoms with van der Waals surface area (Å²) in [6.07, 6.45) is 5.27. The van der Waals surface area contributed by atoms with E-state index in [0.29, 0.717) is 4.58 Å². The average Bonchev–Trinajstić information content (AvgIpc) is 3.38. The molecular weight excluding hydrogens is 364 g/mol. The van der Waals surface area contributed by atoms with Crippen molar-refractivity contribution in [3.8, 4) is 5.75 Å². The highest BCUT2D eigenvalue weighted by Gasteiger charge is 2.30. The molecule has 2 aliphatic heterocycles. The number of benzene rings is 1. The van der Waals surface area contributed by atoms with E-state index in [0.717, 1.165) is 30.8 Å². The summed E-state index contributed by atoms with van der Waals surface area (Å²) in [6.45, 7) is 0.907. The number of amides is 1. The third-order valence-electron chi connectivity index (χ3n) is 4.90. The van der Waals surface area contributed by atoms with Crippen molar-refractivity contribution in [2.75, 3.05) is 24.7 Å². The number of ether oxygens (including phenoxy) is 1. The van der Waals surface area contributed by atoms with Gasteiger partial charge in [-0.3, -0.25) is 4.79 Å². The topological polar surface area (TPSA) is 45.3 Å². The van der Waals surface area contributed by atoms with Crippen LogP contribution >= 0.6 is 23.5 Å². The summed E-state index contributed by atoms with van der Waals surface area (Å²) in [7, 11) is 0. The summed E-state index contributed by atoms with van der Waals surface area (Å²) >= 11 is 4.03. The van der Waals surface area contributed by atoms with Crippen LogP contribution in [0.2, 0.25) is 0 Å². The van der Waals surface area contributed by atoms with Gasteiger partial charge in [-0.25, -0.2) is 0 Å². The summed E-state index contributed by atoms with van der Waals surface area (Å²) in [4.78, 5) is 17.8. The van der Waals surface area contributed by atoms with E-state index < -0.39 is 0 Å². The highest BCUT2D eigenvalue weighted by Crippen LogP contribution is 2.43. The lowest BCUT2D eigenvalue weighted by atomic mass is 10.1. The van der Waals surface area contributed by atoms with Crippen LogP contribution in [-0.4, -0.2) is 40.4 Å².